The lowest BCUT2D eigenvalue weighted by molar-refractivity contribution is -0.141. The average Bonchev–Trinajstić information content (AvgIpc) is 2.13. The van der Waals surface area contributed by atoms with Crippen molar-refractivity contribution in [1.29, 1.82) is 0 Å². The molecule has 0 aromatic rings. The van der Waals surface area contributed by atoms with Gasteiger partial charge in [-0.25, -0.2) is 0 Å². The molecule has 0 aromatic heterocycles. The standard InChI is InChI=1S/C13H22O2/c1-9-7-11(3)13(8-10(9)2)5-6-15-12(4)14/h7,9-10,13H,5-6,8H2,1-4H3. The quantitative estimate of drug-likeness (QED) is 0.528. The van der Waals surface area contributed by atoms with Gasteiger partial charge in [-0.15, -0.1) is 0 Å². The first-order chi connectivity index (χ1) is 7.00. The van der Waals surface area contributed by atoms with Crippen LogP contribution in [-0.2, 0) is 9.53 Å². The molecule has 0 aromatic carbocycles. The van der Waals surface area contributed by atoms with E-state index in [1.807, 2.05) is 0 Å². The molecule has 15 heavy (non-hydrogen) atoms. The van der Waals surface area contributed by atoms with Crippen molar-refractivity contribution in [2.24, 2.45) is 17.8 Å². The molecule has 0 spiro atoms. The Bertz CT molecular complexity index is 255. The highest BCUT2D eigenvalue weighted by Crippen LogP contribution is 2.34. The summed E-state index contributed by atoms with van der Waals surface area (Å²) in [6.45, 7) is 8.80. The number of hydrogen-bond donors (Lipinski definition) is 0. The second-order valence-electron chi connectivity index (χ2n) is 4.81. The van der Waals surface area contributed by atoms with E-state index in [2.05, 4.69) is 26.8 Å². The maximum absolute atomic E-state index is 10.6. The molecule has 1 rings (SSSR count). The van der Waals surface area contributed by atoms with E-state index in [1.165, 1.54) is 18.9 Å². The van der Waals surface area contributed by atoms with Crippen molar-refractivity contribution in [3.63, 3.8) is 0 Å². The van der Waals surface area contributed by atoms with Gasteiger partial charge in [0.2, 0.25) is 0 Å². The molecule has 1 aliphatic rings. The zero-order valence-corrected chi connectivity index (χ0v) is 10.2. The molecular weight excluding hydrogens is 188 g/mol. The number of rotatable bonds is 3. The molecule has 0 bridgehead atoms. The van der Waals surface area contributed by atoms with E-state index in [9.17, 15) is 4.79 Å². The van der Waals surface area contributed by atoms with Gasteiger partial charge in [-0.1, -0.05) is 25.5 Å². The van der Waals surface area contributed by atoms with Crippen molar-refractivity contribution in [3.05, 3.63) is 11.6 Å². The summed E-state index contributed by atoms with van der Waals surface area (Å²) in [6, 6.07) is 0. The van der Waals surface area contributed by atoms with Gasteiger partial charge in [0, 0.05) is 6.92 Å². The van der Waals surface area contributed by atoms with Crippen LogP contribution in [0.1, 0.15) is 40.5 Å². The van der Waals surface area contributed by atoms with Crippen LogP contribution in [0.4, 0.5) is 0 Å². The van der Waals surface area contributed by atoms with Gasteiger partial charge in [-0.05, 0) is 37.5 Å². The van der Waals surface area contributed by atoms with Crippen LogP contribution in [-0.4, -0.2) is 12.6 Å². The monoisotopic (exact) mass is 210 g/mol. The summed E-state index contributed by atoms with van der Waals surface area (Å²) in [7, 11) is 0. The van der Waals surface area contributed by atoms with E-state index >= 15 is 0 Å². The Balaban J connectivity index is 2.42. The van der Waals surface area contributed by atoms with Gasteiger partial charge in [0.05, 0.1) is 6.61 Å². The summed E-state index contributed by atoms with van der Waals surface area (Å²) >= 11 is 0. The highest BCUT2D eigenvalue weighted by Gasteiger charge is 2.23. The fraction of sp³-hybridized carbons (Fsp3) is 0.769. The number of allylic oxidation sites excluding steroid dienone is 2. The van der Waals surface area contributed by atoms with Crippen LogP contribution < -0.4 is 0 Å². The Morgan fingerprint density at radius 1 is 1.53 bits per heavy atom. The first kappa shape index (κ1) is 12.3. The highest BCUT2D eigenvalue weighted by molar-refractivity contribution is 5.65. The summed E-state index contributed by atoms with van der Waals surface area (Å²) in [5.74, 6) is 1.87. The molecule has 0 saturated carbocycles. The first-order valence-corrected chi connectivity index (χ1v) is 5.82. The van der Waals surface area contributed by atoms with Crippen molar-refractivity contribution in [2.45, 2.75) is 40.5 Å². The topological polar surface area (TPSA) is 26.3 Å². The van der Waals surface area contributed by atoms with Gasteiger partial charge in [0.25, 0.3) is 0 Å². The van der Waals surface area contributed by atoms with E-state index in [1.54, 1.807) is 0 Å². The van der Waals surface area contributed by atoms with Crippen LogP contribution in [0.2, 0.25) is 0 Å². The number of carbonyl (C=O) groups excluding carboxylic acids is 1. The van der Waals surface area contributed by atoms with E-state index in [4.69, 9.17) is 4.74 Å². The minimum Gasteiger partial charge on any atom is -0.466 e. The van der Waals surface area contributed by atoms with Crippen molar-refractivity contribution in [2.75, 3.05) is 6.61 Å². The number of ether oxygens (including phenoxy) is 1. The predicted octanol–water partition coefficient (Wildman–Crippen LogP) is 3.18. The van der Waals surface area contributed by atoms with Gasteiger partial charge >= 0.3 is 5.97 Å². The summed E-state index contributed by atoms with van der Waals surface area (Å²) < 4.78 is 4.99. The first-order valence-electron chi connectivity index (χ1n) is 5.82. The summed E-state index contributed by atoms with van der Waals surface area (Å²) in [4.78, 5) is 10.6. The SMILES string of the molecule is CC(=O)OCCC1CC(C)C(C)C=C1C. The molecule has 86 valence electrons. The summed E-state index contributed by atoms with van der Waals surface area (Å²) in [5, 5.41) is 0. The molecule has 0 fully saturated rings. The second kappa shape index (κ2) is 5.34. The lowest BCUT2D eigenvalue weighted by Gasteiger charge is -2.30. The third-order valence-corrected chi connectivity index (χ3v) is 3.50. The minimum atomic E-state index is -0.172. The molecule has 0 aliphatic heterocycles. The van der Waals surface area contributed by atoms with Crippen LogP contribution in [0.3, 0.4) is 0 Å². The smallest absolute Gasteiger partial charge is 0.302 e. The lowest BCUT2D eigenvalue weighted by atomic mass is 9.76. The Labute approximate surface area is 92.7 Å². The van der Waals surface area contributed by atoms with E-state index in [0.717, 1.165) is 12.3 Å². The van der Waals surface area contributed by atoms with Crippen molar-refractivity contribution in [1.82, 2.24) is 0 Å². The van der Waals surface area contributed by atoms with Gasteiger partial charge < -0.3 is 4.74 Å². The fourth-order valence-electron chi connectivity index (χ4n) is 2.25. The number of esters is 1. The lowest BCUT2D eigenvalue weighted by Crippen LogP contribution is -2.20. The third-order valence-electron chi connectivity index (χ3n) is 3.50. The molecule has 3 atom stereocenters. The Morgan fingerprint density at radius 2 is 2.20 bits per heavy atom. The van der Waals surface area contributed by atoms with Gasteiger partial charge in [-0.2, -0.15) is 0 Å². The minimum absolute atomic E-state index is 0.172. The largest absolute Gasteiger partial charge is 0.466 e. The maximum atomic E-state index is 10.6. The molecule has 0 radical (unpaired) electrons. The zero-order valence-electron chi connectivity index (χ0n) is 10.2. The number of hydrogen-bond acceptors (Lipinski definition) is 2. The average molecular weight is 210 g/mol. The predicted molar refractivity (Wildman–Crippen MR) is 61.4 cm³/mol. The van der Waals surface area contributed by atoms with Crippen LogP contribution >= 0.6 is 0 Å². The van der Waals surface area contributed by atoms with Crippen LogP contribution in [0.15, 0.2) is 11.6 Å². The molecule has 2 heteroatoms. The maximum Gasteiger partial charge on any atom is 0.302 e. The Kier molecular flexibility index (Phi) is 4.37. The van der Waals surface area contributed by atoms with Crippen LogP contribution in [0.5, 0.6) is 0 Å². The fourth-order valence-corrected chi connectivity index (χ4v) is 2.25. The van der Waals surface area contributed by atoms with E-state index in [-0.39, 0.29) is 5.97 Å². The molecule has 0 amide bonds. The number of carbonyl (C=O) groups is 1. The van der Waals surface area contributed by atoms with Gasteiger partial charge in [0.1, 0.15) is 0 Å². The Hall–Kier alpha value is -0.790. The summed E-state index contributed by atoms with van der Waals surface area (Å²) in [5.41, 5.74) is 1.47. The summed E-state index contributed by atoms with van der Waals surface area (Å²) in [6.07, 6.45) is 4.57. The molecule has 0 saturated heterocycles. The molecular formula is C13H22O2. The Morgan fingerprint density at radius 3 is 2.80 bits per heavy atom. The van der Waals surface area contributed by atoms with Gasteiger partial charge in [0.15, 0.2) is 0 Å². The normalized spacial score (nSPS) is 30.9. The third kappa shape index (κ3) is 3.69. The molecule has 2 nitrogen and oxygen atoms in total. The molecule has 0 heterocycles. The van der Waals surface area contributed by atoms with Crippen molar-refractivity contribution >= 4 is 5.97 Å². The van der Waals surface area contributed by atoms with Gasteiger partial charge in [-0.3, -0.25) is 4.79 Å². The van der Waals surface area contributed by atoms with Crippen LogP contribution in [0, 0.1) is 17.8 Å². The van der Waals surface area contributed by atoms with Crippen molar-refractivity contribution in [3.8, 4) is 0 Å². The van der Waals surface area contributed by atoms with Crippen LogP contribution in [0.25, 0.3) is 0 Å². The zero-order chi connectivity index (χ0) is 11.4. The van der Waals surface area contributed by atoms with E-state index in [0.29, 0.717) is 18.4 Å². The molecule has 0 N–H and O–H groups in total. The molecule has 3 unspecified atom stereocenters. The van der Waals surface area contributed by atoms with E-state index < -0.39 is 0 Å². The van der Waals surface area contributed by atoms with Crippen molar-refractivity contribution < 1.29 is 9.53 Å². The second-order valence-corrected chi connectivity index (χ2v) is 4.81. The molecule has 1 aliphatic carbocycles. The highest BCUT2D eigenvalue weighted by atomic mass is 16.5.